The van der Waals surface area contributed by atoms with Gasteiger partial charge in [-0.3, -0.25) is 9.36 Å². The lowest BCUT2D eigenvalue weighted by atomic mass is 10.1. The molecule has 1 N–H and O–H groups in total. The summed E-state index contributed by atoms with van der Waals surface area (Å²) in [6.07, 6.45) is 0.450. The number of carbonyl (C=O) groups excluding carboxylic acids is 2. The van der Waals surface area contributed by atoms with Gasteiger partial charge >= 0.3 is 11.9 Å². The quantitative estimate of drug-likeness (QED) is 0.531. The Morgan fingerprint density at radius 3 is 2.21 bits per heavy atom. The minimum Gasteiger partial charge on any atom is -0.468 e. The molecule has 0 radical (unpaired) electrons. The van der Waals surface area contributed by atoms with Crippen LogP contribution in [0.3, 0.4) is 0 Å². The van der Waals surface area contributed by atoms with Crippen molar-refractivity contribution in [2.24, 2.45) is 5.92 Å². The van der Waals surface area contributed by atoms with Crippen LogP contribution in [0.5, 0.6) is 0 Å². The van der Waals surface area contributed by atoms with E-state index in [0.29, 0.717) is 6.42 Å². The van der Waals surface area contributed by atoms with Gasteiger partial charge in [0.25, 0.3) is 7.52 Å². The number of ether oxygens (including phenoxy) is 2. The fraction of sp³-hybridized carbons (Fsp3) is 0.818. The Bertz CT molecular complexity index is 357. The Morgan fingerprint density at radius 2 is 1.79 bits per heavy atom. The first-order chi connectivity index (χ1) is 8.71. The van der Waals surface area contributed by atoms with E-state index in [0.717, 1.165) is 0 Å². The first-order valence-electron chi connectivity index (χ1n) is 5.86. The number of carbonyl (C=O) groups is 2. The van der Waals surface area contributed by atoms with Crippen molar-refractivity contribution in [3.63, 3.8) is 0 Å². The number of esters is 2. The van der Waals surface area contributed by atoms with E-state index in [1.807, 2.05) is 13.8 Å². The highest BCUT2D eigenvalue weighted by Crippen LogP contribution is 2.38. The molecular formula is C11H22NO6P. The highest BCUT2D eigenvalue weighted by atomic mass is 31.2. The van der Waals surface area contributed by atoms with Crippen molar-refractivity contribution < 1.29 is 28.2 Å². The largest absolute Gasteiger partial charge is 0.468 e. The van der Waals surface area contributed by atoms with Gasteiger partial charge in [0.1, 0.15) is 6.04 Å². The monoisotopic (exact) mass is 295 g/mol. The van der Waals surface area contributed by atoms with Gasteiger partial charge < -0.3 is 14.0 Å². The molecule has 0 heterocycles. The number of hydrogen-bond donors (Lipinski definition) is 1. The molecule has 0 saturated heterocycles. The third-order valence-electron chi connectivity index (χ3n) is 2.24. The molecule has 0 rings (SSSR count). The van der Waals surface area contributed by atoms with Gasteiger partial charge in [0, 0.05) is 6.66 Å². The lowest BCUT2D eigenvalue weighted by Gasteiger charge is -2.22. The molecule has 1 unspecified atom stereocenters. The van der Waals surface area contributed by atoms with Crippen molar-refractivity contribution in [3.8, 4) is 0 Å². The summed E-state index contributed by atoms with van der Waals surface area (Å²) in [6, 6.07) is -0.738. The molecule has 0 saturated carbocycles. The van der Waals surface area contributed by atoms with Gasteiger partial charge in [0.15, 0.2) is 6.61 Å². The summed E-state index contributed by atoms with van der Waals surface area (Å²) in [5.74, 6) is -0.947. The standard InChI is InChI=1S/C11H22NO6P/c1-8(2)6-9(11(14)17-4)12-19(5,15)18-7-10(13)16-3/h8-9H,6-7H2,1-5H3,(H,12,15)/t9-,19?/m0/s1. The molecule has 0 aliphatic heterocycles. The molecule has 7 nitrogen and oxygen atoms in total. The van der Waals surface area contributed by atoms with Crippen molar-refractivity contribution in [1.82, 2.24) is 5.09 Å². The van der Waals surface area contributed by atoms with Crippen molar-refractivity contribution in [3.05, 3.63) is 0 Å². The van der Waals surface area contributed by atoms with Gasteiger partial charge in [0.2, 0.25) is 0 Å². The predicted octanol–water partition coefficient (Wildman–Crippen LogP) is 1.18. The second-order valence-corrected chi connectivity index (χ2v) is 6.74. The maximum Gasteiger partial charge on any atom is 0.332 e. The van der Waals surface area contributed by atoms with Gasteiger partial charge in [-0.25, -0.2) is 9.88 Å². The summed E-state index contributed by atoms with van der Waals surface area (Å²) in [7, 11) is -0.829. The van der Waals surface area contributed by atoms with E-state index in [1.165, 1.54) is 20.9 Å². The average molecular weight is 295 g/mol. The summed E-state index contributed by atoms with van der Waals surface area (Å²) in [4.78, 5) is 22.5. The fourth-order valence-corrected chi connectivity index (χ4v) is 2.57. The Balaban J connectivity index is 4.58. The van der Waals surface area contributed by atoms with Crippen LogP contribution in [0.1, 0.15) is 20.3 Å². The van der Waals surface area contributed by atoms with Crippen molar-refractivity contribution in [2.75, 3.05) is 27.5 Å². The molecule has 0 amide bonds. The highest BCUT2D eigenvalue weighted by Gasteiger charge is 2.28. The Morgan fingerprint density at radius 1 is 1.21 bits per heavy atom. The number of hydrogen-bond acceptors (Lipinski definition) is 6. The van der Waals surface area contributed by atoms with E-state index in [-0.39, 0.29) is 5.92 Å². The molecule has 0 aromatic carbocycles. The van der Waals surface area contributed by atoms with Crippen LogP contribution in [0.25, 0.3) is 0 Å². The molecule has 112 valence electrons. The van der Waals surface area contributed by atoms with E-state index in [2.05, 4.69) is 14.6 Å². The second kappa shape index (κ2) is 8.30. The summed E-state index contributed by atoms with van der Waals surface area (Å²) in [5.41, 5.74) is 0. The summed E-state index contributed by atoms with van der Waals surface area (Å²) >= 11 is 0. The van der Waals surface area contributed by atoms with Crippen LogP contribution in [0.4, 0.5) is 0 Å². The maximum atomic E-state index is 12.1. The number of rotatable bonds is 8. The lowest BCUT2D eigenvalue weighted by Crippen LogP contribution is -2.37. The van der Waals surface area contributed by atoms with Crippen molar-refractivity contribution >= 4 is 19.5 Å². The topological polar surface area (TPSA) is 90.9 Å². The van der Waals surface area contributed by atoms with Crippen LogP contribution in [0.15, 0.2) is 0 Å². The Labute approximate surface area is 113 Å². The van der Waals surface area contributed by atoms with Crippen molar-refractivity contribution in [2.45, 2.75) is 26.3 Å². The molecule has 0 spiro atoms. The van der Waals surface area contributed by atoms with E-state index < -0.39 is 32.1 Å². The smallest absolute Gasteiger partial charge is 0.332 e. The molecular weight excluding hydrogens is 273 g/mol. The summed E-state index contributed by atoms with van der Waals surface area (Å²) in [6.45, 7) is 4.71. The van der Waals surface area contributed by atoms with Crippen LogP contribution in [0.2, 0.25) is 0 Å². The Kier molecular flexibility index (Phi) is 7.90. The predicted molar refractivity (Wildman–Crippen MR) is 69.9 cm³/mol. The first kappa shape index (κ1) is 18.1. The third kappa shape index (κ3) is 7.97. The molecule has 0 fully saturated rings. The molecule has 0 aliphatic rings. The molecule has 0 aromatic rings. The zero-order valence-corrected chi connectivity index (χ0v) is 12.9. The van der Waals surface area contributed by atoms with Gasteiger partial charge in [-0.05, 0) is 12.3 Å². The van der Waals surface area contributed by atoms with Crippen LogP contribution in [0, 0.1) is 5.92 Å². The average Bonchev–Trinajstić information content (AvgIpc) is 2.33. The Hall–Kier alpha value is -0.910. The van der Waals surface area contributed by atoms with E-state index in [1.54, 1.807) is 0 Å². The van der Waals surface area contributed by atoms with Gasteiger partial charge in [-0.15, -0.1) is 0 Å². The molecule has 19 heavy (non-hydrogen) atoms. The maximum absolute atomic E-state index is 12.1. The second-order valence-electron chi connectivity index (χ2n) is 4.53. The van der Waals surface area contributed by atoms with Crippen LogP contribution in [-0.2, 0) is 28.2 Å². The number of nitrogens with one attached hydrogen (secondary N) is 1. The molecule has 0 bridgehead atoms. The molecule has 2 atom stereocenters. The number of methoxy groups -OCH3 is 2. The van der Waals surface area contributed by atoms with Crippen LogP contribution < -0.4 is 5.09 Å². The first-order valence-corrected chi connectivity index (χ1v) is 7.93. The van der Waals surface area contributed by atoms with Gasteiger partial charge in [0.05, 0.1) is 14.2 Å². The normalized spacial score (nSPS) is 15.7. The van der Waals surface area contributed by atoms with Crippen LogP contribution >= 0.6 is 7.52 Å². The molecule has 8 heteroatoms. The third-order valence-corrected chi connectivity index (χ3v) is 3.64. The summed E-state index contributed by atoms with van der Waals surface area (Å²) < 4.78 is 26.1. The van der Waals surface area contributed by atoms with Crippen molar-refractivity contribution in [1.29, 1.82) is 0 Å². The van der Waals surface area contributed by atoms with E-state index in [4.69, 9.17) is 4.52 Å². The highest BCUT2D eigenvalue weighted by molar-refractivity contribution is 7.56. The molecule has 0 aliphatic carbocycles. The lowest BCUT2D eigenvalue weighted by molar-refractivity contribution is -0.143. The van der Waals surface area contributed by atoms with E-state index in [9.17, 15) is 14.2 Å². The van der Waals surface area contributed by atoms with E-state index >= 15 is 0 Å². The van der Waals surface area contributed by atoms with Crippen LogP contribution in [-0.4, -0.2) is 45.5 Å². The van der Waals surface area contributed by atoms with Gasteiger partial charge in [-0.2, -0.15) is 0 Å². The van der Waals surface area contributed by atoms with Gasteiger partial charge in [-0.1, -0.05) is 13.8 Å². The minimum absolute atomic E-state index is 0.206. The zero-order valence-electron chi connectivity index (χ0n) is 12.0. The minimum atomic E-state index is -3.29. The fourth-order valence-electron chi connectivity index (χ4n) is 1.37. The molecule has 0 aromatic heterocycles. The zero-order chi connectivity index (χ0) is 15.1. The SMILES string of the molecule is COC(=O)COP(C)(=O)N[C@@H](CC(C)C)C(=O)OC. The summed E-state index contributed by atoms with van der Waals surface area (Å²) in [5, 5.41) is 2.61.